The maximum Gasteiger partial charge on any atom is 0.333 e. The Labute approximate surface area is 192 Å². The lowest BCUT2D eigenvalue weighted by molar-refractivity contribution is -0.0560. The summed E-state index contributed by atoms with van der Waals surface area (Å²) in [6.07, 6.45) is 4.70. The molecule has 33 heavy (non-hydrogen) atoms. The smallest absolute Gasteiger partial charge is 0.333 e. The van der Waals surface area contributed by atoms with Crippen LogP contribution in [0.3, 0.4) is 0 Å². The van der Waals surface area contributed by atoms with E-state index < -0.39 is 48.2 Å². The first-order chi connectivity index (χ1) is 15.6. The highest BCUT2D eigenvalue weighted by Crippen LogP contribution is 2.28. The molecule has 0 radical (unpaired) electrons. The molecule has 1 aromatic heterocycles. The van der Waals surface area contributed by atoms with E-state index >= 15 is 0 Å². The van der Waals surface area contributed by atoms with Crippen LogP contribution in [0.15, 0.2) is 50.7 Å². The van der Waals surface area contributed by atoms with Gasteiger partial charge >= 0.3 is 5.69 Å². The number of aliphatic hydroxyl groups excluding tert-OH is 3. The molecule has 1 aliphatic heterocycles. The molecule has 1 saturated heterocycles. The van der Waals surface area contributed by atoms with Gasteiger partial charge in [0.1, 0.15) is 18.3 Å². The van der Waals surface area contributed by atoms with Gasteiger partial charge in [-0.1, -0.05) is 34.9 Å². The maximum atomic E-state index is 14.3. The number of nitrogens with zero attached hydrogens (tertiary/aromatic N) is 2. The van der Waals surface area contributed by atoms with E-state index in [2.05, 4.69) is 32.9 Å². The second-order valence-corrected chi connectivity index (χ2v) is 8.77. The Morgan fingerprint density at radius 1 is 1.03 bits per heavy atom. The van der Waals surface area contributed by atoms with Crippen molar-refractivity contribution >= 4 is 0 Å². The van der Waals surface area contributed by atoms with Gasteiger partial charge in [0.25, 0.3) is 5.56 Å². The topological polar surface area (TPSA) is 114 Å². The Morgan fingerprint density at radius 3 is 2.21 bits per heavy atom. The van der Waals surface area contributed by atoms with Gasteiger partial charge in [0.15, 0.2) is 6.23 Å². The van der Waals surface area contributed by atoms with Crippen LogP contribution in [0.1, 0.15) is 59.6 Å². The Bertz CT molecular complexity index is 1020. The molecule has 1 aromatic rings. The van der Waals surface area contributed by atoms with E-state index in [4.69, 9.17) is 4.74 Å². The van der Waals surface area contributed by atoms with Gasteiger partial charge in [0.2, 0.25) is 5.82 Å². The van der Waals surface area contributed by atoms with E-state index in [1.165, 1.54) is 11.1 Å². The van der Waals surface area contributed by atoms with Crippen molar-refractivity contribution in [2.24, 2.45) is 0 Å². The van der Waals surface area contributed by atoms with Gasteiger partial charge in [-0.2, -0.15) is 4.39 Å². The van der Waals surface area contributed by atoms with E-state index in [-0.39, 0.29) is 6.54 Å². The highest BCUT2D eigenvalue weighted by molar-refractivity contribution is 5.06. The van der Waals surface area contributed by atoms with Crippen molar-refractivity contribution in [3.05, 3.63) is 67.8 Å². The number of aliphatic hydroxyl groups is 3. The zero-order valence-corrected chi connectivity index (χ0v) is 19.7. The van der Waals surface area contributed by atoms with Gasteiger partial charge in [-0.15, -0.1) is 0 Å². The molecule has 1 aliphatic rings. The lowest BCUT2D eigenvalue weighted by atomic mass is 10.1. The van der Waals surface area contributed by atoms with Crippen LogP contribution in [-0.2, 0) is 11.3 Å². The fourth-order valence-corrected chi connectivity index (χ4v) is 3.63. The largest absolute Gasteiger partial charge is 0.394 e. The summed E-state index contributed by atoms with van der Waals surface area (Å²) in [6, 6.07) is 0. The van der Waals surface area contributed by atoms with Crippen LogP contribution in [0.25, 0.3) is 0 Å². The average molecular weight is 467 g/mol. The van der Waals surface area contributed by atoms with Crippen molar-refractivity contribution in [1.82, 2.24) is 9.13 Å². The zero-order chi connectivity index (χ0) is 24.7. The van der Waals surface area contributed by atoms with Gasteiger partial charge in [-0.25, -0.2) is 4.79 Å². The molecular formula is C24H35FN2O6. The molecule has 184 valence electrons. The molecule has 0 saturated carbocycles. The highest BCUT2D eigenvalue weighted by atomic mass is 19.1. The quantitative estimate of drug-likeness (QED) is 0.456. The average Bonchev–Trinajstić information content (AvgIpc) is 3.04. The first-order valence-corrected chi connectivity index (χ1v) is 11.1. The SMILES string of the molecule is CC(C)=CCCC(C)=CCCC(C)=CCn1c(=O)c(F)cn([C@@H]2O[C@H](CO)[C@@H](O)[C@H]2O)c1=O. The molecule has 2 heterocycles. The third-order valence-corrected chi connectivity index (χ3v) is 5.69. The first-order valence-electron chi connectivity index (χ1n) is 11.1. The lowest BCUT2D eigenvalue weighted by Crippen LogP contribution is -2.44. The molecule has 8 nitrogen and oxygen atoms in total. The van der Waals surface area contributed by atoms with Gasteiger partial charge in [-0.3, -0.25) is 13.9 Å². The Kier molecular flexibility index (Phi) is 9.97. The fourth-order valence-electron chi connectivity index (χ4n) is 3.63. The standard InChI is InChI=1S/C24H35FN2O6/c1-15(2)7-5-8-16(3)9-6-10-17(4)11-12-26-22(31)18(25)13-27(24(26)32)23-21(30)20(29)19(14-28)33-23/h7,9,11,13,19-21,23,28-30H,5-6,8,10,12,14H2,1-4H3/t19-,20-,21-,23-/m1/s1. The fraction of sp³-hybridized carbons (Fsp3) is 0.583. The summed E-state index contributed by atoms with van der Waals surface area (Å²) in [4.78, 5) is 25.0. The van der Waals surface area contributed by atoms with Crippen LogP contribution < -0.4 is 11.2 Å². The Balaban J connectivity index is 2.11. The van der Waals surface area contributed by atoms with Crippen LogP contribution in [0.2, 0.25) is 0 Å². The van der Waals surface area contributed by atoms with E-state index in [9.17, 15) is 29.3 Å². The summed E-state index contributed by atoms with van der Waals surface area (Å²) in [6.45, 7) is 7.38. The predicted octanol–water partition coefficient (Wildman–Crippen LogP) is 2.18. The molecule has 4 atom stereocenters. The summed E-state index contributed by atoms with van der Waals surface area (Å²) in [5, 5.41) is 29.3. The minimum Gasteiger partial charge on any atom is -0.394 e. The number of hydrogen-bond acceptors (Lipinski definition) is 6. The Hall–Kier alpha value is -2.33. The molecule has 2 rings (SSSR count). The summed E-state index contributed by atoms with van der Waals surface area (Å²) < 4.78 is 21.0. The van der Waals surface area contributed by atoms with Gasteiger partial charge < -0.3 is 20.1 Å². The molecule has 3 N–H and O–H groups in total. The summed E-state index contributed by atoms with van der Waals surface area (Å²) in [5.74, 6) is -1.19. The second-order valence-electron chi connectivity index (χ2n) is 8.77. The van der Waals surface area contributed by atoms with Crippen LogP contribution in [-0.4, -0.2) is 49.4 Å². The molecule has 0 aromatic carbocycles. The minimum absolute atomic E-state index is 0.140. The van der Waals surface area contributed by atoms with Gasteiger partial charge in [0, 0.05) is 6.54 Å². The zero-order valence-electron chi connectivity index (χ0n) is 19.7. The molecular weight excluding hydrogens is 431 g/mol. The van der Waals surface area contributed by atoms with Crippen molar-refractivity contribution in [3.63, 3.8) is 0 Å². The third-order valence-electron chi connectivity index (χ3n) is 5.69. The molecule has 9 heteroatoms. The van der Waals surface area contributed by atoms with Crippen molar-refractivity contribution in [1.29, 1.82) is 0 Å². The summed E-state index contributed by atoms with van der Waals surface area (Å²) >= 11 is 0. The third kappa shape index (κ3) is 7.07. The number of hydrogen-bond donors (Lipinski definition) is 3. The minimum atomic E-state index is -1.56. The van der Waals surface area contributed by atoms with E-state index in [1.807, 2.05) is 6.92 Å². The monoisotopic (exact) mass is 466 g/mol. The molecule has 0 amide bonds. The molecule has 0 aliphatic carbocycles. The van der Waals surface area contributed by atoms with Gasteiger partial charge in [0.05, 0.1) is 12.8 Å². The van der Waals surface area contributed by atoms with E-state index in [1.54, 1.807) is 6.08 Å². The number of ether oxygens (including phenoxy) is 1. The first kappa shape index (κ1) is 26.9. The van der Waals surface area contributed by atoms with E-state index in [0.717, 1.165) is 35.8 Å². The Morgan fingerprint density at radius 2 is 1.64 bits per heavy atom. The van der Waals surface area contributed by atoms with Gasteiger partial charge in [-0.05, 0) is 53.4 Å². The lowest BCUT2D eigenvalue weighted by Gasteiger charge is -2.18. The number of aromatic nitrogens is 2. The van der Waals surface area contributed by atoms with Crippen molar-refractivity contribution in [3.8, 4) is 0 Å². The molecule has 0 spiro atoms. The van der Waals surface area contributed by atoms with Crippen LogP contribution in [0.5, 0.6) is 0 Å². The highest BCUT2D eigenvalue weighted by Gasteiger charge is 2.44. The maximum absolute atomic E-state index is 14.3. The summed E-state index contributed by atoms with van der Waals surface area (Å²) in [5.41, 5.74) is 1.57. The number of halogens is 1. The molecule has 1 fully saturated rings. The molecule has 0 unspecified atom stereocenters. The summed E-state index contributed by atoms with van der Waals surface area (Å²) in [7, 11) is 0. The predicted molar refractivity (Wildman–Crippen MR) is 123 cm³/mol. The van der Waals surface area contributed by atoms with Crippen molar-refractivity contribution < 1.29 is 24.4 Å². The van der Waals surface area contributed by atoms with Crippen LogP contribution in [0.4, 0.5) is 4.39 Å². The van der Waals surface area contributed by atoms with Crippen molar-refractivity contribution in [2.75, 3.05) is 6.61 Å². The van der Waals surface area contributed by atoms with Crippen molar-refractivity contribution in [2.45, 2.75) is 84.5 Å². The van der Waals surface area contributed by atoms with Crippen LogP contribution in [0, 0.1) is 5.82 Å². The molecule has 0 bridgehead atoms. The van der Waals surface area contributed by atoms with E-state index in [0.29, 0.717) is 10.8 Å². The number of allylic oxidation sites excluding steroid dienone is 6. The normalized spacial score (nSPS) is 23.8. The second kappa shape index (κ2) is 12.2. The van der Waals surface area contributed by atoms with Crippen LogP contribution >= 0.6 is 0 Å². The number of rotatable bonds is 10.